The second-order valence-corrected chi connectivity index (χ2v) is 6.75. The lowest BCUT2D eigenvalue weighted by Gasteiger charge is -2.07. The summed E-state index contributed by atoms with van der Waals surface area (Å²) in [6.07, 6.45) is 2.75. The van der Waals surface area contributed by atoms with E-state index in [9.17, 15) is 9.90 Å². The molecule has 2 heterocycles. The Bertz CT molecular complexity index is 1140. The molecule has 1 N–H and O–H groups in total. The van der Waals surface area contributed by atoms with E-state index in [1.807, 2.05) is 30.3 Å². The molecule has 2 aromatic carbocycles. The van der Waals surface area contributed by atoms with Gasteiger partial charge in [0, 0.05) is 18.2 Å². The van der Waals surface area contributed by atoms with Crippen LogP contribution in [0, 0.1) is 6.92 Å². The maximum absolute atomic E-state index is 11.0. The Morgan fingerprint density at radius 3 is 2.21 bits per heavy atom. The Balaban J connectivity index is 1.52. The highest BCUT2D eigenvalue weighted by Crippen LogP contribution is 2.24. The van der Waals surface area contributed by atoms with Crippen LogP contribution in [0.2, 0.25) is 0 Å². The Morgan fingerprint density at radius 1 is 0.862 bits per heavy atom. The normalized spacial score (nSPS) is 10.7. The van der Waals surface area contributed by atoms with Crippen molar-refractivity contribution >= 4 is 6.29 Å². The molecule has 142 valence electrons. The number of nitrogens with zero attached hydrogens (tertiary/aromatic N) is 3. The molecule has 29 heavy (non-hydrogen) atoms. The molecule has 5 nitrogen and oxygen atoms in total. The standard InChI is InChI=1S/C24H19N3O2/c1-16-24(29)22(15-28)27-23(26-16)13-17-7-12-21(25-14-17)20-10-8-19(9-11-20)18-5-3-2-4-6-18/h2-12,14-15,29H,13H2,1H3. The zero-order chi connectivity index (χ0) is 20.2. The number of aromatic nitrogens is 3. The molecule has 0 radical (unpaired) electrons. The fraction of sp³-hybridized carbons (Fsp3) is 0.0833. The van der Waals surface area contributed by atoms with E-state index in [2.05, 4.69) is 51.4 Å². The molecule has 0 saturated heterocycles. The van der Waals surface area contributed by atoms with Gasteiger partial charge in [-0.3, -0.25) is 9.78 Å². The molecule has 2 aromatic heterocycles. The zero-order valence-corrected chi connectivity index (χ0v) is 15.9. The molecular weight excluding hydrogens is 362 g/mol. The van der Waals surface area contributed by atoms with Crippen LogP contribution in [0.5, 0.6) is 5.75 Å². The number of carbonyl (C=O) groups excluding carboxylic acids is 1. The number of aryl methyl sites for hydroxylation is 1. The number of benzene rings is 2. The smallest absolute Gasteiger partial charge is 0.172 e. The highest BCUT2D eigenvalue weighted by molar-refractivity contribution is 5.76. The maximum atomic E-state index is 11.0. The van der Waals surface area contributed by atoms with Crippen molar-refractivity contribution in [2.45, 2.75) is 13.3 Å². The van der Waals surface area contributed by atoms with Gasteiger partial charge in [-0.1, -0.05) is 60.7 Å². The van der Waals surface area contributed by atoms with Crippen LogP contribution in [0.1, 0.15) is 27.6 Å². The fourth-order valence-electron chi connectivity index (χ4n) is 3.16. The average molecular weight is 381 g/mol. The molecule has 4 aromatic rings. The summed E-state index contributed by atoms with van der Waals surface area (Å²) in [5.74, 6) is 0.306. The summed E-state index contributed by atoms with van der Waals surface area (Å²) < 4.78 is 0. The van der Waals surface area contributed by atoms with Gasteiger partial charge in [0.1, 0.15) is 11.5 Å². The molecule has 0 aliphatic rings. The van der Waals surface area contributed by atoms with Crippen molar-refractivity contribution in [3.05, 3.63) is 95.7 Å². The minimum absolute atomic E-state index is 0.00980. The van der Waals surface area contributed by atoms with E-state index in [4.69, 9.17) is 0 Å². The van der Waals surface area contributed by atoms with Gasteiger partial charge in [0.25, 0.3) is 0 Å². The first-order valence-corrected chi connectivity index (χ1v) is 9.26. The van der Waals surface area contributed by atoms with E-state index >= 15 is 0 Å². The molecule has 0 bridgehead atoms. The minimum Gasteiger partial charge on any atom is -0.504 e. The van der Waals surface area contributed by atoms with E-state index in [-0.39, 0.29) is 11.4 Å². The van der Waals surface area contributed by atoms with Crippen molar-refractivity contribution in [1.29, 1.82) is 0 Å². The van der Waals surface area contributed by atoms with Crippen molar-refractivity contribution in [3.63, 3.8) is 0 Å². The number of hydrogen-bond donors (Lipinski definition) is 1. The monoisotopic (exact) mass is 381 g/mol. The first kappa shape index (κ1) is 18.5. The van der Waals surface area contributed by atoms with Crippen LogP contribution in [0.4, 0.5) is 0 Å². The molecule has 0 aliphatic heterocycles. The van der Waals surface area contributed by atoms with Crippen LogP contribution >= 0.6 is 0 Å². The lowest BCUT2D eigenvalue weighted by atomic mass is 10.0. The van der Waals surface area contributed by atoms with Crippen LogP contribution in [0.25, 0.3) is 22.4 Å². The second kappa shape index (κ2) is 8.02. The first-order valence-electron chi connectivity index (χ1n) is 9.26. The third-order valence-corrected chi connectivity index (χ3v) is 4.72. The molecule has 0 spiro atoms. The van der Waals surface area contributed by atoms with Crippen molar-refractivity contribution in [3.8, 4) is 28.1 Å². The van der Waals surface area contributed by atoms with Crippen LogP contribution in [-0.4, -0.2) is 26.3 Å². The minimum atomic E-state index is -0.170. The first-order chi connectivity index (χ1) is 14.1. The lowest BCUT2D eigenvalue weighted by molar-refractivity contribution is 0.111. The predicted octanol–water partition coefficient (Wildman–Crippen LogP) is 4.62. The van der Waals surface area contributed by atoms with Gasteiger partial charge in [0.05, 0.1) is 11.4 Å². The number of rotatable bonds is 5. The molecule has 0 atom stereocenters. The van der Waals surface area contributed by atoms with Crippen LogP contribution in [0.15, 0.2) is 72.9 Å². The zero-order valence-electron chi connectivity index (χ0n) is 15.9. The van der Waals surface area contributed by atoms with E-state index in [0.29, 0.717) is 24.2 Å². The summed E-state index contributed by atoms with van der Waals surface area (Å²) in [5, 5.41) is 9.77. The van der Waals surface area contributed by atoms with Gasteiger partial charge >= 0.3 is 0 Å². The lowest BCUT2D eigenvalue weighted by Crippen LogP contribution is -2.03. The van der Waals surface area contributed by atoms with E-state index in [1.54, 1.807) is 13.1 Å². The number of aldehydes is 1. The molecule has 0 fully saturated rings. The van der Waals surface area contributed by atoms with Crippen molar-refractivity contribution < 1.29 is 9.90 Å². The summed E-state index contributed by atoms with van der Waals surface area (Å²) in [6, 6.07) is 22.5. The van der Waals surface area contributed by atoms with Gasteiger partial charge in [-0.25, -0.2) is 9.97 Å². The Morgan fingerprint density at radius 2 is 1.55 bits per heavy atom. The molecular formula is C24H19N3O2. The van der Waals surface area contributed by atoms with Crippen molar-refractivity contribution in [2.24, 2.45) is 0 Å². The van der Waals surface area contributed by atoms with Gasteiger partial charge < -0.3 is 5.11 Å². The number of hydrogen-bond acceptors (Lipinski definition) is 5. The average Bonchev–Trinajstić information content (AvgIpc) is 2.77. The van der Waals surface area contributed by atoms with Crippen LogP contribution in [-0.2, 0) is 6.42 Å². The fourth-order valence-corrected chi connectivity index (χ4v) is 3.16. The topological polar surface area (TPSA) is 76.0 Å². The van der Waals surface area contributed by atoms with Crippen molar-refractivity contribution in [1.82, 2.24) is 15.0 Å². The van der Waals surface area contributed by atoms with Gasteiger partial charge in [0.2, 0.25) is 0 Å². The Labute approximate surface area is 168 Å². The van der Waals surface area contributed by atoms with Gasteiger partial charge in [-0.15, -0.1) is 0 Å². The number of pyridine rings is 1. The van der Waals surface area contributed by atoms with E-state index in [0.717, 1.165) is 22.4 Å². The van der Waals surface area contributed by atoms with Crippen molar-refractivity contribution in [2.75, 3.05) is 0 Å². The van der Waals surface area contributed by atoms with Gasteiger partial charge in [-0.05, 0) is 29.7 Å². The summed E-state index contributed by atoms with van der Waals surface area (Å²) in [6.45, 7) is 1.65. The molecule has 0 unspecified atom stereocenters. The van der Waals surface area contributed by atoms with Crippen LogP contribution < -0.4 is 0 Å². The van der Waals surface area contributed by atoms with Gasteiger partial charge in [-0.2, -0.15) is 0 Å². The summed E-state index contributed by atoms with van der Waals surface area (Å²) in [4.78, 5) is 24.0. The Kier molecular flexibility index (Phi) is 5.12. The highest BCUT2D eigenvalue weighted by Gasteiger charge is 2.11. The molecule has 0 amide bonds. The second-order valence-electron chi connectivity index (χ2n) is 6.75. The predicted molar refractivity (Wildman–Crippen MR) is 112 cm³/mol. The molecule has 4 rings (SSSR count). The summed E-state index contributed by atoms with van der Waals surface area (Å²) in [5.41, 5.74) is 5.59. The molecule has 5 heteroatoms. The number of carbonyl (C=O) groups is 1. The summed E-state index contributed by atoms with van der Waals surface area (Å²) in [7, 11) is 0. The number of aromatic hydroxyl groups is 1. The highest BCUT2D eigenvalue weighted by atomic mass is 16.3. The summed E-state index contributed by atoms with van der Waals surface area (Å²) >= 11 is 0. The maximum Gasteiger partial charge on any atom is 0.172 e. The quantitative estimate of drug-likeness (QED) is 0.510. The van der Waals surface area contributed by atoms with Gasteiger partial charge in [0.15, 0.2) is 12.0 Å². The SMILES string of the molecule is Cc1nc(Cc2ccc(-c3ccc(-c4ccccc4)cc3)nc2)nc(C=O)c1O. The Hall–Kier alpha value is -3.86. The third kappa shape index (κ3) is 4.04. The van der Waals surface area contributed by atoms with Crippen LogP contribution in [0.3, 0.4) is 0 Å². The van der Waals surface area contributed by atoms with E-state index in [1.165, 1.54) is 5.56 Å². The largest absolute Gasteiger partial charge is 0.504 e. The molecule has 0 saturated carbocycles. The molecule has 0 aliphatic carbocycles. The third-order valence-electron chi connectivity index (χ3n) is 4.72. The van der Waals surface area contributed by atoms with E-state index < -0.39 is 0 Å².